The topological polar surface area (TPSA) is 118 Å². The van der Waals surface area contributed by atoms with Crippen molar-refractivity contribution in [3.63, 3.8) is 0 Å². The fourth-order valence-electron chi connectivity index (χ4n) is 5.51. The third-order valence-corrected chi connectivity index (χ3v) is 8.34. The first-order chi connectivity index (χ1) is 20.7. The molecule has 0 radical (unpaired) electrons. The fourth-order valence-corrected chi connectivity index (χ4v) is 5.77. The summed E-state index contributed by atoms with van der Waals surface area (Å²) >= 11 is 6.46. The Morgan fingerprint density at radius 2 is 1.77 bits per heavy atom. The molecule has 2 aromatic carbocycles. The van der Waals surface area contributed by atoms with Gasteiger partial charge in [-0.05, 0) is 69.1 Å². The molecule has 2 aliphatic heterocycles. The molecule has 10 nitrogen and oxygen atoms in total. The van der Waals surface area contributed by atoms with Crippen molar-refractivity contribution in [3.8, 4) is 17.0 Å². The largest absolute Gasteiger partial charge is 0.494 e. The van der Waals surface area contributed by atoms with Crippen LogP contribution in [0.25, 0.3) is 11.3 Å². The van der Waals surface area contributed by atoms with Crippen molar-refractivity contribution in [3.05, 3.63) is 64.6 Å². The Hall–Kier alpha value is -4.03. The summed E-state index contributed by atoms with van der Waals surface area (Å²) in [7, 11) is 2.74. The van der Waals surface area contributed by atoms with Crippen molar-refractivity contribution >= 4 is 35.0 Å². The average molecular weight is 615 g/mol. The third-order valence-electron chi connectivity index (χ3n) is 8.03. The first kappa shape index (κ1) is 30.4. The van der Waals surface area contributed by atoms with Gasteiger partial charge in [-0.25, -0.2) is 9.37 Å². The molecule has 0 aliphatic carbocycles. The summed E-state index contributed by atoms with van der Waals surface area (Å²) < 4.78 is 35.0. The van der Waals surface area contributed by atoms with Crippen LogP contribution < -0.4 is 20.7 Å². The molecule has 0 atom stereocenters. The van der Waals surface area contributed by atoms with Gasteiger partial charge in [-0.1, -0.05) is 11.6 Å². The van der Waals surface area contributed by atoms with E-state index in [1.807, 2.05) is 0 Å². The Morgan fingerprint density at radius 1 is 1.05 bits per heavy atom. The maximum atomic E-state index is 14.6. The van der Waals surface area contributed by atoms with E-state index in [2.05, 4.69) is 20.9 Å². The Morgan fingerprint density at radius 3 is 2.44 bits per heavy atom. The van der Waals surface area contributed by atoms with E-state index < -0.39 is 17.5 Å². The standard InChI is InChI=1S/C30H33ClF2N6O4/c1-38-23(21-5-6-24(43-2)26(33)25(21)32)16-35-27(38)29(41)37-19-3-4-20(22(31)15-19)30(42)39-13-9-17(10-14-39)28(40)36-18-7-11-34-12-8-18/h3-6,15-18,34H,7-14H2,1-2H3,(H,36,40)(H,37,41). The van der Waals surface area contributed by atoms with E-state index in [0.29, 0.717) is 31.6 Å². The van der Waals surface area contributed by atoms with E-state index in [1.165, 1.54) is 49.2 Å². The predicted octanol–water partition coefficient (Wildman–Crippen LogP) is 4.00. The van der Waals surface area contributed by atoms with Crippen LogP contribution in [0.4, 0.5) is 14.5 Å². The van der Waals surface area contributed by atoms with Crippen molar-refractivity contribution in [2.24, 2.45) is 13.0 Å². The Labute approximate surface area is 252 Å². The highest BCUT2D eigenvalue weighted by Crippen LogP contribution is 2.30. The average Bonchev–Trinajstić information content (AvgIpc) is 3.39. The second-order valence-corrected chi connectivity index (χ2v) is 11.1. The van der Waals surface area contributed by atoms with Crippen LogP contribution in [0.15, 0.2) is 36.5 Å². The molecule has 5 rings (SSSR count). The summed E-state index contributed by atoms with van der Waals surface area (Å²) in [5, 5.41) is 9.27. The number of methoxy groups -OCH3 is 1. The first-order valence-electron chi connectivity index (χ1n) is 14.1. The Kier molecular flexibility index (Phi) is 9.26. The number of rotatable bonds is 7. The van der Waals surface area contributed by atoms with Gasteiger partial charge in [-0.15, -0.1) is 0 Å². The molecule has 0 bridgehead atoms. The highest BCUT2D eigenvalue weighted by atomic mass is 35.5. The van der Waals surface area contributed by atoms with Crippen LogP contribution in [0.2, 0.25) is 5.02 Å². The lowest BCUT2D eigenvalue weighted by Gasteiger charge is -2.33. The second kappa shape index (κ2) is 13.1. The molecule has 0 spiro atoms. The van der Waals surface area contributed by atoms with Gasteiger partial charge in [0.15, 0.2) is 17.4 Å². The first-order valence-corrected chi connectivity index (χ1v) is 14.5. The smallest absolute Gasteiger partial charge is 0.291 e. The minimum Gasteiger partial charge on any atom is -0.494 e. The maximum Gasteiger partial charge on any atom is 0.291 e. The van der Waals surface area contributed by atoms with Crippen LogP contribution in [0.5, 0.6) is 5.75 Å². The highest BCUT2D eigenvalue weighted by Gasteiger charge is 2.30. The van der Waals surface area contributed by atoms with Crippen LogP contribution >= 0.6 is 11.6 Å². The van der Waals surface area contributed by atoms with Crippen molar-refractivity contribution in [1.82, 2.24) is 25.1 Å². The monoisotopic (exact) mass is 614 g/mol. The number of likely N-dealkylation sites (tertiary alicyclic amines) is 1. The number of halogens is 3. The number of carbonyl (C=O) groups is 3. The molecule has 3 aromatic rings. The molecule has 3 heterocycles. The quantitative estimate of drug-likeness (QED) is 0.370. The van der Waals surface area contributed by atoms with Crippen LogP contribution in [0.1, 0.15) is 46.7 Å². The molecule has 43 heavy (non-hydrogen) atoms. The lowest BCUT2D eigenvalue weighted by molar-refractivity contribution is -0.127. The van der Waals surface area contributed by atoms with E-state index in [4.69, 9.17) is 16.3 Å². The number of carbonyl (C=O) groups excluding carboxylic acids is 3. The van der Waals surface area contributed by atoms with E-state index in [9.17, 15) is 23.2 Å². The van der Waals surface area contributed by atoms with Gasteiger partial charge in [0, 0.05) is 43.3 Å². The van der Waals surface area contributed by atoms with Gasteiger partial charge in [0.25, 0.3) is 11.8 Å². The van der Waals surface area contributed by atoms with E-state index in [-0.39, 0.29) is 57.2 Å². The normalized spacial score (nSPS) is 16.2. The molecule has 2 fully saturated rings. The Bertz CT molecular complexity index is 1530. The third kappa shape index (κ3) is 6.50. The highest BCUT2D eigenvalue weighted by molar-refractivity contribution is 6.34. The SMILES string of the molecule is COc1ccc(-c2cnc(C(=O)Nc3ccc(C(=O)N4CCC(C(=O)NC5CCNCC5)CC4)c(Cl)c3)n2C)c(F)c1F. The maximum absolute atomic E-state index is 14.6. The molecule has 3 amide bonds. The number of benzene rings is 2. The van der Waals surface area contributed by atoms with Crippen molar-refractivity contribution in [2.75, 3.05) is 38.6 Å². The van der Waals surface area contributed by atoms with E-state index in [1.54, 1.807) is 11.0 Å². The van der Waals surface area contributed by atoms with Crippen molar-refractivity contribution in [2.45, 2.75) is 31.7 Å². The summed E-state index contributed by atoms with van der Waals surface area (Å²) in [5.74, 6) is -3.47. The summed E-state index contributed by atoms with van der Waals surface area (Å²) in [6, 6.07) is 7.40. The van der Waals surface area contributed by atoms with Gasteiger partial charge in [-0.3, -0.25) is 14.4 Å². The fraction of sp³-hybridized carbons (Fsp3) is 0.400. The molecular formula is C30H33ClF2N6O4. The number of hydrogen-bond donors (Lipinski definition) is 3. The zero-order chi connectivity index (χ0) is 30.7. The molecule has 0 unspecified atom stereocenters. The van der Waals surface area contributed by atoms with Crippen LogP contribution in [0, 0.1) is 17.6 Å². The summed E-state index contributed by atoms with van der Waals surface area (Å²) in [6.07, 6.45) is 4.27. The minimum absolute atomic E-state index is 0.0473. The van der Waals surface area contributed by atoms with E-state index >= 15 is 0 Å². The lowest BCUT2D eigenvalue weighted by Crippen LogP contribution is -2.48. The number of hydrogen-bond acceptors (Lipinski definition) is 6. The number of piperidine rings is 2. The van der Waals surface area contributed by atoms with Gasteiger partial charge in [0.2, 0.25) is 11.7 Å². The summed E-state index contributed by atoms with van der Waals surface area (Å²) in [5.41, 5.74) is 0.722. The van der Waals surface area contributed by atoms with Gasteiger partial charge < -0.3 is 30.2 Å². The summed E-state index contributed by atoms with van der Waals surface area (Å²) in [6.45, 7) is 2.69. The van der Waals surface area contributed by atoms with Crippen molar-refractivity contribution < 1.29 is 27.9 Å². The molecular weight excluding hydrogens is 582 g/mol. The molecule has 2 aliphatic rings. The van der Waals surface area contributed by atoms with Crippen molar-refractivity contribution in [1.29, 1.82) is 0 Å². The van der Waals surface area contributed by atoms with Crippen LogP contribution in [-0.2, 0) is 11.8 Å². The number of anilines is 1. The number of nitrogens with zero attached hydrogens (tertiary/aromatic N) is 3. The second-order valence-electron chi connectivity index (χ2n) is 10.7. The molecule has 0 saturated carbocycles. The number of ether oxygens (including phenoxy) is 1. The van der Waals surface area contributed by atoms with Gasteiger partial charge >= 0.3 is 0 Å². The molecule has 1 aromatic heterocycles. The van der Waals surface area contributed by atoms with Crippen LogP contribution in [0.3, 0.4) is 0 Å². The number of nitrogens with one attached hydrogen (secondary N) is 3. The zero-order valence-electron chi connectivity index (χ0n) is 23.9. The number of imidazole rings is 1. The summed E-state index contributed by atoms with van der Waals surface area (Å²) in [4.78, 5) is 44.7. The zero-order valence-corrected chi connectivity index (χ0v) is 24.6. The van der Waals surface area contributed by atoms with E-state index in [0.717, 1.165) is 25.9 Å². The number of amides is 3. The molecule has 13 heteroatoms. The van der Waals surface area contributed by atoms with Gasteiger partial charge in [0.1, 0.15) is 0 Å². The molecule has 228 valence electrons. The predicted molar refractivity (Wildman–Crippen MR) is 157 cm³/mol. The minimum atomic E-state index is -1.14. The lowest BCUT2D eigenvalue weighted by atomic mass is 9.94. The van der Waals surface area contributed by atoms with Crippen LogP contribution in [-0.4, -0.2) is 71.5 Å². The van der Waals surface area contributed by atoms with Gasteiger partial charge in [0.05, 0.1) is 29.6 Å². The molecule has 3 N–H and O–H groups in total. The number of aromatic nitrogens is 2. The van der Waals surface area contributed by atoms with Gasteiger partial charge in [-0.2, -0.15) is 4.39 Å². The molecule has 2 saturated heterocycles. The Balaban J connectivity index is 1.20.